The van der Waals surface area contributed by atoms with E-state index < -0.39 is 213 Å². The van der Waals surface area contributed by atoms with Crippen LogP contribution in [-0.2, 0) is 89.6 Å². The number of alkyl halides is 3. The number of aliphatic imine (C=N–C) groups is 1. The van der Waals surface area contributed by atoms with Gasteiger partial charge in [-0.15, -0.1) is 0 Å². The Kier molecular flexibility index (Phi) is 43.4. The molecule has 2 aromatic carbocycles. The molecule has 0 saturated heterocycles. The van der Waals surface area contributed by atoms with E-state index in [0.717, 1.165) is 0 Å². The number of nitrogens with zero attached hydrogens (tertiary/aromatic N) is 1. The van der Waals surface area contributed by atoms with Crippen molar-refractivity contribution in [3.8, 4) is 0 Å². The molecule has 3 rings (SSSR count). The van der Waals surface area contributed by atoms with E-state index in [9.17, 15) is 106 Å². The number of carbonyl (C=O) groups is 16. The molecule has 3 aromatic rings. The maximum absolute atomic E-state index is 14.2. The monoisotopic (exact) mass is 1610 g/mol. The number of hydrogen-bond acceptors (Lipinski definition) is 22. The second kappa shape index (κ2) is 50.3. The number of carboxylic acid groups (broad SMARTS) is 2. The molecule has 0 radical (unpaired) electrons. The second-order valence-corrected chi connectivity index (χ2v) is 26.5. The predicted molar refractivity (Wildman–Crippen MR) is 397 cm³/mol. The molecule has 0 fully saturated rings. The molecule has 44 heteroatoms. The molecule has 41 nitrogen and oxygen atoms in total. The Balaban J connectivity index is 0.00000588. The third-order valence-corrected chi connectivity index (χ3v) is 16.2. The minimum absolute atomic E-state index is 0.0373. The summed E-state index contributed by atoms with van der Waals surface area (Å²) >= 11 is 0. The smallest absolute Gasteiger partial charge is 0.480 e. The number of unbranched alkanes of at least 4 members (excludes halogenated alkanes) is 1. The number of hydrogen-bond donors (Lipinski definition) is 24. The molecule has 0 aliphatic carbocycles. The van der Waals surface area contributed by atoms with Gasteiger partial charge in [0, 0.05) is 36.5 Å². The molecule has 628 valence electrons. The number of fused-ring (bicyclic) bond motifs is 1. The lowest BCUT2D eigenvalue weighted by Crippen LogP contribution is -2.61. The molecule has 0 saturated carbocycles. The molecule has 0 bridgehead atoms. The zero-order valence-electron chi connectivity index (χ0n) is 63.2. The van der Waals surface area contributed by atoms with E-state index in [-0.39, 0.29) is 69.3 Å². The molecule has 0 aliphatic heterocycles. The van der Waals surface area contributed by atoms with Crippen molar-refractivity contribution in [2.45, 2.75) is 172 Å². The van der Waals surface area contributed by atoms with Crippen molar-refractivity contribution in [1.82, 2.24) is 79.4 Å². The van der Waals surface area contributed by atoms with Gasteiger partial charge >= 0.3 is 18.1 Å². The largest absolute Gasteiger partial charge is 0.490 e. The van der Waals surface area contributed by atoms with E-state index in [1.54, 1.807) is 88.5 Å². The Morgan fingerprint density at radius 2 is 0.832 bits per heavy atom. The zero-order chi connectivity index (χ0) is 85.2. The van der Waals surface area contributed by atoms with Gasteiger partial charge in [0.15, 0.2) is 5.96 Å². The number of aliphatic hydroxyl groups excluding tert-OH is 3. The van der Waals surface area contributed by atoms with Gasteiger partial charge in [0.1, 0.15) is 66.5 Å². The number of carbonyl (C=O) groups excluding carboxylic acids is 14. The van der Waals surface area contributed by atoms with Crippen LogP contribution in [0.2, 0.25) is 0 Å². The molecule has 28 N–H and O–H groups in total. The zero-order valence-corrected chi connectivity index (χ0v) is 63.2. The lowest BCUT2D eigenvalue weighted by Gasteiger charge is -2.27. The fourth-order valence-corrected chi connectivity index (χ4v) is 10.3. The topological polar surface area (TPSA) is 675 Å². The molecular weight excluding hydrogens is 1500 g/mol. The average molecular weight is 1610 g/mol. The first kappa shape index (κ1) is 97.4. The Morgan fingerprint density at radius 3 is 1.29 bits per heavy atom. The normalized spacial score (nSPS) is 14.0. The first-order valence-electron chi connectivity index (χ1n) is 35.7. The first-order chi connectivity index (χ1) is 53.2. The van der Waals surface area contributed by atoms with Crippen LogP contribution in [0.25, 0.3) is 10.9 Å². The van der Waals surface area contributed by atoms with Gasteiger partial charge in [-0.1, -0.05) is 76.2 Å². The van der Waals surface area contributed by atoms with E-state index in [0.29, 0.717) is 41.4 Å². The average Bonchev–Trinajstić information content (AvgIpc) is 1.70. The molecule has 0 spiro atoms. The highest BCUT2D eigenvalue weighted by Gasteiger charge is 2.39. The van der Waals surface area contributed by atoms with Crippen LogP contribution < -0.4 is 97.4 Å². The van der Waals surface area contributed by atoms with Crippen LogP contribution in [0.4, 0.5) is 13.2 Å². The number of para-hydroxylation sites is 1. The van der Waals surface area contributed by atoms with Gasteiger partial charge < -0.3 is 128 Å². The standard InChI is InChI=1S/C67H104N20O19.C2HF3O2/c1-35(2)23-45(81-55(94)31-75-58(97)44(20-14-22-72-67(70)71)80-54(93)30-74-57(96)43(19-12-13-21-68)79-52(91)27-69)60(99)86-50(33-89)64(103)83-46(24-36(3)4)61(100)85-49(32-88)63(102)78-37(5)56(95)82-47(25-39-15-8-7-9-16-39)62(101)87-51(34-90)65(104)84-48(26-40-28-73-42-18-11-10-17-41(40)42)59(98)76-29-53(92)77-38(6)66(105)106;3-2(4,5)1(6)7/h7-11,15-18,28,35-38,43-51,73,88-90H,12-14,19-27,29-34,68-69H2,1-6H3,(H,74,96)(H,75,97)(H,76,98)(H,77,92)(H,78,102)(H,79,91)(H,80,93)(H,81,94)(H,82,95)(H,83,103)(H,84,104)(H,85,100)(H,86,99)(H,87,101)(H,105,106)(H4,70,71,72);(H,6,7)/t37-,38-,43-,44-,45-,46-,47-,48-,49-,50-,51-;/m0./s1. The first-order valence-corrected chi connectivity index (χ1v) is 35.7. The fourth-order valence-electron chi connectivity index (χ4n) is 10.3. The summed E-state index contributed by atoms with van der Waals surface area (Å²) in [6.07, 6.45) is -2.78. The molecule has 11 atom stereocenters. The summed E-state index contributed by atoms with van der Waals surface area (Å²) in [4.78, 5) is 216. The van der Waals surface area contributed by atoms with Crippen molar-refractivity contribution in [2.75, 3.05) is 59.1 Å². The molecule has 0 unspecified atom stereocenters. The summed E-state index contributed by atoms with van der Waals surface area (Å²) in [6.45, 7) is 3.92. The van der Waals surface area contributed by atoms with E-state index >= 15 is 0 Å². The summed E-state index contributed by atoms with van der Waals surface area (Å²) in [6, 6.07) is -1.21. The number of aromatic nitrogens is 1. The number of amides is 14. The minimum atomic E-state index is -5.08. The molecule has 14 amide bonds. The summed E-state index contributed by atoms with van der Waals surface area (Å²) < 4.78 is 31.7. The number of aliphatic hydroxyl groups is 3. The number of aromatic amines is 1. The Bertz CT molecular complexity index is 3730. The number of guanidine groups is 1. The quantitative estimate of drug-likeness (QED) is 0.0142. The van der Waals surface area contributed by atoms with Crippen LogP contribution in [0.1, 0.15) is 97.6 Å². The van der Waals surface area contributed by atoms with Gasteiger partial charge in [-0.2, -0.15) is 13.2 Å². The van der Waals surface area contributed by atoms with Crippen LogP contribution in [0.5, 0.6) is 0 Å². The Hall–Kier alpha value is -11.6. The van der Waals surface area contributed by atoms with Crippen molar-refractivity contribution < 1.29 is 115 Å². The van der Waals surface area contributed by atoms with Crippen LogP contribution >= 0.6 is 0 Å². The van der Waals surface area contributed by atoms with Gasteiger partial charge in [-0.05, 0) is 94.4 Å². The van der Waals surface area contributed by atoms with E-state index in [1.165, 1.54) is 13.8 Å². The lowest BCUT2D eigenvalue weighted by molar-refractivity contribution is -0.192. The highest BCUT2D eigenvalue weighted by molar-refractivity contribution is 6.00. The number of aliphatic carboxylic acids is 2. The van der Waals surface area contributed by atoms with Crippen LogP contribution in [-0.4, -0.2) is 263 Å². The number of halogens is 3. The third kappa shape index (κ3) is 37.3. The minimum Gasteiger partial charge on any atom is -0.480 e. The number of nitrogens with one attached hydrogen (secondary N) is 15. The Labute approximate surface area is 646 Å². The van der Waals surface area contributed by atoms with Crippen molar-refractivity contribution in [3.63, 3.8) is 0 Å². The van der Waals surface area contributed by atoms with Crippen LogP contribution in [0.3, 0.4) is 0 Å². The third-order valence-electron chi connectivity index (χ3n) is 16.2. The SMILES string of the molecule is CC(C)C[C@H](NC(=O)CNC(=O)[C@H](CCCN=C(N)N)NC(=O)CNC(=O)[C@H](CCCCN)NC(=O)CN)C(=O)N[C@@H](CO)C(=O)N[C@@H](CC(C)C)C(=O)N[C@@H](CO)C(=O)N[C@@H](C)C(=O)N[C@@H](Cc1ccccc1)C(=O)N[C@@H](CO)C(=O)N[C@@H](Cc1c[nH]c2ccccc12)C(=O)NCC(=O)N[C@@H](C)C(=O)O.O=C(O)C(F)(F)F. The molecule has 1 heterocycles. The van der Waals surface area contributed by atoms with Crippen LogP contribution in [0.15, 0.2) is 65.8 Å². The summed E-state index contributed by atoms with van der Waals surface area (Å²) in [7, 11) is 0. The molecule has 1 aromatic heterocycles. The number of H-pyrrole nitrogens is 1. The van der Waals surface area contributed by atoms with Gasteiger partial charge in [0.05, 0.1) is 46.0 Å². The van der Waals surface area contributed by atoms with Gasteiger partial charge in [-0.25, -0.2) is 4.79 Å². The van der Waals surface area contributed by atoms with Crippen molar-refractivity contribution >= 4 is 112 Å². The van der Waals surface area contributed by atoms with E-state index in [1.807, 2.05) is 0 Å². The lowest BCUT2D eigenvalue weighted by atomic mass is 10.0. The summed E-state index contributed by atoms with van der Waals surface area (Å²) in [5.74, 6) is -18.0. The Morgan fingerprint density at radius 1 is 0.442 bits per heavy atom. The van der Waals surface area contributed by atoms with E-state index in [4.69, 9.17) is 32.8 Å². The highest BCUT2D eigenvalue weighted by atomic mass is 19.4. The molecule has 113 heavy (non-hydrogen) atoms. The second-order valence-electron chi connectivity index (χ2n) is 26.5. The summed E-state index contributed by atoms with van der Waals surface area (Å²) in [5.41, 5.74) is 23.5. The van der Waals surface area contributed by atoms with Crippen molar-refractivity contribution in [1.29, 1.82) is 0 Å². The summed E-state index contributed by atoms with van der Waals surface area (Å²) in [5, 5.41) is 82.0. The number of nitrogens with two attached hydrogens (primary N) is 4. The number of carboxylic acids is 2. The van der Waals surface area contributed by atoms with Gasteiger partial charge in [0.2, 0.25) is 82.7 Å². The van der Waals surface area contributed by atoms with Gasteiger partial charge in [-0.3, -0.25) is 76.9 Å². The highest BCUT2D eigenvalue weighted by Crippen LogP contribution is 2.20. The van der Waals surface area contributed by atoms with Crippen molar-refractivity contribution in [2.24, 2.45) is 39.8 Å². The van der Waals surface area contributed by atoms with Gasteiger partial charge in [0.25, 0.3) is 0 Å². The predicted octanol–water partition coefficient (Wildman–Crippen LogP) is -7.40. The van der Waals surface area contributed by atoms with Crippen molar-refractivity contribution in [3.05, 3.63) is 71.9 Å². The maximum Gasteiger partial charge on any atom is 0.490 e. The fraction of sp³-hybridized carbons (Fsp3) is 0.551. The molecule has 0 aliphatic rings. The molecular formula is C69H105F3N20O21. The number of benzene rings is 2. The number of rotatable bonds is 48. The van der Waals surface area contributed by atoms with E-state index in [2.05, 4.69) is 84.4 Å². The maximum atomic E-state index is 14.2. The van der Waals surface area contributed by atoms with Crippen LogP contribution in [0, 0.1) is 11.8 Å².